The van der Waals surface area contributed by atoms with Gasteiger partial charge in [-0.15, -0.1) is 0 Å². The van der Waals surface area contributed by atoms with E-state index in [0.717, 1.165) is 0 Å². The lowest BCUT2D eigenvalue weighted by Gasteiger charge is -2.39. The Kier molecular flexibility index (Phi) is 10.4. The van der Waals surface area contributed by atoms with E-state index in [9.17, 15) is 22.8 Å². The maximum absolute atomic E-state index is 13.8. The molecule has 7 N–H and O–H groups in total. The van der Waals surface area contributed by atoms with E-state index < -0.39 is 33.4 Å². The molecule has 2 aromatic carbocycles. The Morgan fingerprint density at radius 1 is 1.02 bits per heavy atom. The molecule has 0 aliphatic carbocycles. The highest BCUT2D eigenvalue weighted by Crippen LogP contribution is 2.28. The third-order valence-corrected chi connectivity index (χ3v) is 10.3. The zero-order chi connectivity index (χ0) is 37.0. The van der Waals surface area contributed by atoms with Gasteiger partial charge in [-0.1, -0.05) is 41.9 Å². The largest absolute Gasteiger partial charge is 0.488 e. The van der Waals surface area contributed by atoms with E-state index in [1.165, 1.54) is 30.5 Å². The first-order chi connectivity index (χ1) is 24.8. The van der Waals surface area contributed by atoms with Crippen molar-refractivity contribution in [3.05, 3.63) is 101 Å². The summed E-state index contributed by atoms with van der Waals surface area (Å²) in [5.74, 6) is -1.05. The predicted molar refractivity (Wildman–Crippen MR) is 192 cm³/mol. The van der Waals surface area contributed by atoms with Gasteiger partial charge in [0.2, 0.25) is 10.0 Å². The van der Waals surface area contributed by atoms with Crippen molar-refractivity contribution in [2.24, 2.45) is 4.99 Å². The fourth-order valence-corrected chi connectivity index (χ4v) is 7.11. The Hall–Kier alpha value is -5.65. The molecular weight excluding hydrogens is 712 g/mol. The monoisotopic (exact) mass is 746 g/mol. The van der Waals surface area contributed by atoms with Gasteiger partial charge in [0.1, 0.15) is 11.9 Å². The number of nitrogens with two attached hydrogens (primary N) is 2. The number of carbonyl (C=O) groups excluding carboxylic acids is 3. The molecule has 2 aliphatic rings. The van der Waals surface area contributed by atoms with E-state index in [1.807, 2.05) is 0 Å². The van der Waals surface area contributed by atoms with Crippen LogP contribution >= 0.6 is 11.6 Å². The van der Waals surface area contributed by atoms with Crippen molar-refractivity contribution in [1.82, 2.24) is 35.2 Å². The summed E-state index contributed by atoms with van der Waals surface area (Å²) < 4.78 is 34.5. The van der Waals surface area contributed by atoms with Crippen LogP contribution in [-0.2, 0) is 10.0 Å². The third kappa shape index (κ3) is 7.96. The van der Waals surface area contributed by atoms with Crippen LogP contribution < -0.4 is 31.6 Å². The number of halogens is 1. The van der Waals surface area contributed by atoms with Crippen molar-refractivity contribution >= 4 is 56.8 Å². The second-order valence-electron chi connectivity index (χ2n) is 12.3. The Morgan fingerprint density at radius 2 is 1.77 bits per heavy atom. The Labute approximate surface area is 304 Å². The number of carbonyl (C=O) groups is 3. The number of nitrogens with zero attached hydrogens (tertiary/aromatic N) is 5. The molecule has 1 atom stereocenters. The predicted octanol–water partition coefficient (Wildman–Crippen LogP) is 2.03. The Morgan fingerprint density at radius 3 is 2.50 bits per heavy atom. The van der Waals surface area contributed by atoms with Crippen LogP contribution in [0.25, 0.3) is 0 Å². The number of amides is 2. The summed E-state index contributed by atoms with van der Waals surface area (Å²) in [6.45, 7) is 2.74. The first-order valence-electron chi connectivity index (χ1n) is 16.2. The van der Waals surface area contributed by atoms with Gasteiger partial charge in [-0.2, -0.15) is 0 Å². The van der Waals surface area contributed by atoms with Gasteiger partial charge in [0.15, 0.2) is 34.2 Å². The fourth-order valence-electron chi connectivity index (χ4n) is 5.83. The van der Waals surface area contributed by atoms with Gasteiger partial charge >= 0.3 is 0 Å². The number of aromatic nitrogens is 3. The number of nitrogen functional groups attached to an aromatic ring is 2. The smallest absolute Gasteiger partial charge is 0.280 e. The number of aliphatic imine (C=N–C) groups is 1. The molecule has 1 saturated heterocycles. The molecule has 2 aromatic heterocycles. The normalized spacial score (nSPS) is 15.7. The van der Waals surface area contributed by atoms with E-state index in [0.29, 0.717) is 38.2 Å². The molecule has 0 radical (unpaired) electrons. The lowest BCUT2D eigenvalue weighted by Crippen LogP contribution is -2.57. The van der Waals surface area contributed by atoms with Gasteiger partial charge in [0, 0.05) is 37.0 Å². The molecule has 4 heterocycles. The molecule has 2 amide bonds. The second kappa shape index (κ2) is 14.9. The van der Waals surface area contributed by atoms with Crippen molar-refractivity contribution in [2.75, 3.05) is 37.6 Å². The number of piperidine rings is 1. The summed E-state index contributed by atoms with van der Waals surface area (Å²) in [7, 11) is -4.00. The van der Waals surface area contributed by atoms with Crippen molar-refractivity contribution in [3.63, 3.8) is 0 Å². The molecule has 1 unspecified atom stereocenters. The van der Waals surface area contributed by atoms with Gasteiger partial charge in [0.05, 0.1) is 28.7 Å². The van der Waals surface area contributed by atoms with Crippen LogP contribution in [0, 0.1) is 0 Å². The number of nitrogens with one attached hydrogen (secondary N) is 3. The van der Waals surface area contributed by atoms with Crippen molar-refractivity contribution in [2.45, 2.75) is 36.3 Å². The van der Waals surface area contributed by atoms with Crippen LogP contribution in [0.1, 0.15) is 56.5 Å². The summed E-state index contributed by atoms with van der Waals surface area (Å²) in [6, 6.07) is 15.5. The second-order valence-corrected chi connectivity index (χ2v) is 14.4. The molecule has 0 saturated carbocycles. The van der Waals surface area contributed by atoms with Crippen LogP contribution in [0.4, 0.5) is 11.6 Å². The lowest BCUT2D eigenvalue weighted by atomic mass is 9.87. The molecule has 4 aromatic rings. The summed E-state index contributed by atoms with van der Waals surface area (Å²) in [5, 5.41) is 5.74. The summed E-state index contributed by atoms with van der Waals surface area (Å²) in [5.41, 5.74) is 11.1. The average Bonchev–Trinajstić information content (AvgIpc) is 3.53. The topological polar surface area (TPSA) is 237 Å². The molecule has 18 heteroatoms. The number of hydrogen-bond donors (Lipinski definition) is 5. The van der Waals surface area contributed by atoms with Crippen LogP contribution in [0.15, 0.2) is 82.9 Å². The highest BCUT2D eigenvalue weighted by molar-refractivity contribution is 7.89. The van der Waals surface area contributed by atoms with Crippen molar-refractivity contribution in [1.29, 1.82) is 0 Å². The maximum Gasteiger partial charge on any atom is 0.280 e. The summed E-state index contributed by atoms with van der Waals surface area (Å²) in [6.07, 6.45) is 3.65. The number of likely N-dealkylation sites (tertiary alicyclic amines) is 1. The molecule has 6 rings (SSSR count). The van der Waals surface area contributed by atoms with Gasteiger partial charge in [-0.3, -0.25) is 29.7 Å². The Balaban J connectivity index is 1.07. The minimum atomic E-state index is -4.00. The van der Waals surface area contributed by atoms with E-state index in [-0.39, 0.29) is 62.5 Å². The number of ketones is 1. The van der Waals surface area contributed by atoms with Crippen molar-refractivity contribution in [3.8, 4) is 5.75 Å². The highest BCUT2D eigenvalue weighted by Gasteiger charge is 2.40. The molecule has 270 valence electrons. The molecule has 0 bridgehead atoms. The minimum Gasteiger partial charge on any atom is -0.488 e. The van der Waals surface area contributed by atoms with E-state index in [4.69, 9.17) is 27.8 Å². The molecule has 1 spiro atoms. The third-order valence-electron chi connectivity index (χ3n) is 8.62. The zero-order valence-corrected chi connectivity index (χ0v) is 29.4. The first-order valence-corrected chi connectivity index (χ1v) is 18.0. The average molecular weight is 747 g/mol. The number of rotatable bonds is 10. The number of sulfonamides is 1. The quantitative estimate of drug-likeness (QED) is 0.147. The number of guanidine groups is 1. The van der Waals surface area contributed by atoms with Crippen LogP contribution in [0.2, 0.25) is 5.15 Å². The van der Waals surface area contributed by atoms with E-state index in [1.54, 1.807) is 54.4 Å². The van der Waals surface area contributed by atoms with E-state index in [2.05, 4.69) is 35.3 Å². The maximum atomic E-state index is 13.8. The van der Waals surface area contributed by atoms with Gasteiger partial charge in [-0.25, -0.2) is 23.1 Å². The number of pyridine rings is 1. The lowest BCUT2D eigenvalue weighted by molar-refractivity contribution is 0.0665. The van der Waals surface area contributed by atoms with Crippen LogP contribution in [-0.4, -0.2) is 89.6 Å². The molecule has 16 nitrogen and oxygen atoms in total. The van der Waals surface area contributed by atoms with Gasteiger partial charge < -0.3 is 26.4 Å². The standard InChI is InChI=1S/C34H35ClN10O6S/c1-20(51-22-7-5-13-38-18-22)17-40-52(49,50)23-8-4-6-21(16-23)27(46)24-9-2-3-10-25(24)32(48)45-14-11-34(12-15-45)19-39-33(44-34)43-31(47)26-29(36)42-30(37)28(35)41-26/h2-10,13,16,18,20,40H,11-12,14-15,17,19H2,1H3,(H4,36,37,42)(H2,39,43,44,47). The zero-order valence-electron chi connectivity index (χ0n) is 27.9. The summed E-state index contributed by atoms with van der Waals surface area (Å²) >= 11 is 5.91. The van der Waals surface area contributed by atoms with Gasteiger partial charge in [0.25, 0.3) is 11.8 Å². The molecule has 1 fully saturated rings. The number of benzene rings is 2. The summed E-state index contributed by atoms with van der Waals surface area (Å²) in [4.78, 5) is 58.1. The molecular formula is C34H35ClN10O6S. The first kappa shape index (κ1) is 36.2. The number of anilines is 2. The minimum absolute atomic E-state index is 0.0231. The highest BCUT2D eigenvalue weighted by atomic mass is 35.5. The van der Waals surface area contributed by atoms with Gasteiger partial charge in [-0.05, 0) is 50.1 Å². The molecule has 52 heavy (non-hydrogen) atoms. The van der Waals surface area contributed by atoms with Crippen molar-refractivity contribution < 1.29 is 27.5 Å². The number of hydrogen-bond acceptors (Lipinski definition) is 13. The molecule has 2 aliphatic heterocycles. The Bertz CT molecular complexity index is 2160. The van der Waals surface area contributed by atoms with E-state index >= 15 is 0 Å². The SMILES string of the molecule is CC(CNS(=O)(=O)c1cccc(C(=O)c2ccccc2C(=O)N2CCC3(CC2)CN=C(NC(=O)c2nc(Cl)c(N)nc2N)N3)c1)Oc1cccnc1. The van der Waals surface area contributed by atoms with Crippen LogP contribution in [0.3, 0.4) is 0 Å². The fraction of sp³-hybridized carbons (Fsp3) is 0.265. The van der Waals surface area contributed by atoms with Crippen LogP contribution in [0.5, 0.6) is 5.75 Å². The number of ether oxygens (including phenoxy) is 1.